The highest BCUT2D eigenvalue weighted by atomic mass is 16.5. The number of para-hydroxylation sites is 1. The number of hydrogen-bond acceptors (Lipinski definition) is 3. The fourth-order valence-corrected chi connectivity index (χ4v) is 2.12. The predicted molar refractivity (Wildman–Crippen MR) is 85.9 cm³/mol. The van der Waals surface area contributed by atoms with Gasteiger partial charge >= 0.3 is 0 Å². The highest BCUT2D eigenvalue weighted by Crippen LogP contribution is 2.25. The van der Waals surface area contributed by atoms with E-state index in [0.29, 0.717) is 25.7 Å². The van der Waals surface area contributed by atoms with Crippen molar-refractivity contribution < 1.29 is 9.47 Å². The first kappa shape index (κ1) is 15.4. The molecule has 0 fully saturated rings. The highest BCUT2D eigenvalue weighted by molar-refractivity contribution is 5.35. The van der Waals surface area contributed by atoms with Gasteiger partial charge in [0.05, 0.1) is 0 Å². The maximum atomic E-state index is 5.82. The molecule has 0 aromatic heterocycles. The quantitative estimate of drug-likeness (QED) is 0.788. The van der Waals surface area contributed by atoms with Gasteiger partial charge in [-0.25, -0.2) is 0 Å². The Labute approximate surface area is 126 Å². The van der Waals surface area contributed by atoms with Crippen molar-refractivity contribution in [3.8, 4) is 11.5 Å². The van der Waals surface area contributed by atoms with Gasteiger partial charge in [0, 0.05) is 6.54 Å². The average Bonchev–Trinajstić information content (AvgIpc) is 2.52. The van der Waals surface area contributed by atoms with Crippen LogP contribution in [0, 0.1) is 0 Å². The summed E-state index contributed by atoms with van der Waals surface area (Å²) in [5, 5.41) is 0. The summed E-state index contributed by atoms with van der Waals surface area (Å²) in [4.78, 5) is 0. The Hall–Kier alpha value is -2.00. The van der Waals surface area contributed by atoms with Gasteiger partial charge in [-0.3, -0.25) is 0 Å². The van der Waals surface area contributed by atoms with Crippen LogP contribution in [0.2, 0.25) is 0 Å². The molecule has 0 saturated carbocycles. The topological polar surface area (TPSA) is 44.5 Å². The minimum absolute atomic E-state index is 0.450. The molecule has 112 valence electrons. The summed E-state index contributed by atoms with van der Waals surface area (Å²) >= 11 is 0. The van der Waals surface area contributed by atoms with Gasteiger partial charge in [-0.1, -0.05) is 44.2 Å². The van der Waals surface area contributed by atoms with Crippen LogP contribution in [0.5, 0.6) is 11.5 Å². The maximum absolute atomic E-state index is 5.82. The Kier molecular flexibility index (Phi) is 5.64. The number of ether oxygens (including phenoxy) is 2. The van der Waals surface area contributed by atoms with Crippen molar-refractivity contribution in [2.24, 2.45) is 5.73 Å². The molecule has 2 aromatic rings. The van der Waals surface area contributed by atoms with Crippen LogP contribution in [0.25, 0.3) is 0 Å². The number of rotatable bonds is 7. The molecule has 0 radical (unpaired) electrons. The molecule has 0 heterocycles. The first-order chi connectivity index (χ1) is 10.2. The van der Waals surface area contributed by atoms with Gasteiger partial charge < -0.3 is 15.2 Å². The van der Waals surface area contributed by atoms with E-state index in [2.05, 4.69) is 19.9 Å². The van der Waals surface area contributed by atoms with Crippen molar-refractivity contribution in [3.63, 3.8) is 0 Å². The molecule has 0 unspecified atom stereocenters. The average molecular weight is 285 g/mol. The number of hydrogen-bond donors (Lipinski definition) is 1. The van der Waals surface area contributed by atoms with Crippen LogP contribution in [0.1, 0.15) is 30.9 Å². The van der Waals surface area contributed by atoms with Crippen molar-refractivity contribution in [2.45, 2.75) is 26.3 Å². The van der Waals surface area contributed by atoms with Crippen molar-refractivity contribution in [1.82, 2.24) is 0 Å². The van der Waals surface area contributed by atoms with Crippen LogP contribution in [0.15, 0.2) is 48.5 Å². The minimum atomic E-state index is 0.450. The lowest BCUT2D eigenvalue weighted by Crippen LogP contribution is -2.10. The zero-order valence-electron chi connectivity index (χ0n) is 12.7. The second-order valence-corrected chi connectivity index (χ2v) is 5.24. The summed E-state index contributed by atoms with van der Waals surface area (Å²) in [6.07, 6.45) is 0. The lowest BCUT2D eigenvalue weighted by Gasteiger charge is -2.14. The zero-order valence-corrected chi connectivity index (χ0v) is 12.7. The van der Waals surface area contributed by atoms with Crippen LogP contribution >= 0.6 is 0 Å². The molecule has 0 saturated heterocycles. The van der Waals surface area contributed by atoms with Crippen molar-refractivity contribution in [3.05, 3.63) is 59.7 Å². The van der Waals surface area contributed by atoms with Crippen LogP contribution in [0.4, 0.5) is 0 Å². The third-order valence-corrected chi connectivity index (χ3v) is 3.31. The molecule has 2 N–H and O–H groups in total. The predicted octanol–water partition coefficient (Wildman–Crippen LogP) is 3.73. The fourth-order valence-electron chi connectivity index (χ4n) is 2.12. The van der Waals surface area contributed by atoms with E-state index >= 15 is 0 Å². The first-order valence-corrected chi connectivity index (χ1v) is 7.34. The van der Waals surface area contributed by atoms with Gasteiger partial charge in [-0.15, -0.1) is 0 Å². The van der Waals surface area contributed by atoms with Gasteiger partial charge in [-0.05, 0) is 35.2 Å². The van der Waals surface area contributed by atoms with Crippen molar-refractivity contribution in [2.75, 3.05) is 13.2 Å². The lowest BCUT2D eigenvalue weighted by molar-refractivity contribution is 0.215. The van der Waals surface area contributed by atoms with Gasteiger partial charge in [0.25, 0.3) is 0 Å². The molecule has 2 rings (SSSR count). The largest absolute Gasteiger partial charge is 0.490 e. The Bertz CT molecular complexity index is 549. The molecule has 0 aliphatic heterocycles. The molecule has 0 aliphatic rings. The van der Waals surface area contributed by atoms with Crippen molar-refractivity contribution in [1.29, 1.82) is 0 Å². The molecule has 21 heavy (non-hydrogen) atoms. The molecule has 3 heteroatoms. The SMILES string of the molecule is CC(C)c1ccccc1OCCOc1ccc(CN)cc1. The van der Waals surface area contributed by atoms with Gasteiger partial charge in [-0.2, -0.15) is 0 Å². The molecule has 3 nitrogen and oxygen atoms in total. The van der Waals surface area contributed by atoms with Crippen LogP contribution in [-0.2, 0) is 6.54 Å². The number of nitrogens with two attached hydrogens (primary N) is 1. The maximum Gasteiger partial charge on any atom is 0.122 e. The molecule has 0 spiro atoms. The summed E-state index contributed by atoms with van der Waals surface area (Å²) in [5.41, 5.74) is 7.89. The molecule has 0 bridgehead atoms. The van der Waals surface area contributed by atoms with E-state index in [-0.39, 0.29) is 0 Å². The Morgan fingerprint density at radius 3 is 2.24 bits per heavy atom. The third kappa shape index (κ3) is 4.50. The summed E-state index contributed by atoms with van der Waals surface area (Å²) in [5.74, 6) is 2.23. The molecule has 2 aromatic carbocycles. The Balaban J connectivity index is 1.82. The second kappa shape index (κ2) is 7.70. The van der Waals surface area contributed by atoms with E-state index in [1.54, 1.807) is 0 Å². The molecule has 0 atom stereocenters. The highest BCUT2D eigenvalue weighted by Gasteiger charge is 2.06. The van der Waals surface area contributed by atoms with E-state index in [0.717, 1.165) is 17.1 Å². The zero-order chi connectivity index (χ0) is 15.1. The van der Waals surface area contributed by atoms with Crippen LogP contribution < -0.4 is 15.2 Å². The minimum Gasteiger partial charge on any atom is -0.490 e. The molecular formula is C18H23NO2. The van der Waals surface area contributed by atoms with Crippen LogP contribution in [0.3, 0.4) is 0 Å². The van der Waals surface area contributed by atoms with E-state index in [1.807, 2.05) is 42.5 Å². The van der Waals surface area contributed by atoms with E-state index in [4.69, 9.17) is 15.2 Å². The van der Waals surface area contributed by atoms with Gasteiger partial charge in [0.1, 0.15) is 24.7 Å². The van der Waals surface area contributed by atoms with Gasteiger partial charge in [0.2, 0.25) is 0 Å². The number of benzene rings is 2. The summed E-state index contributed by atoms with van der Waals surface area (Å²) in [6, 6.07) is 16.0. The first-order valence-electron chi connectivity index (χ1n) is 7.34. The smallest absolute Gasteiger partial charge is 0.122 e. The summed E-state index contributed by atoms with van der Waals surface area (Å²) < 4.78 is 11.5. The normalized spacial score (nSPS) is 10.7. The Morgan fingerprint density at radius 1 is 0.905 bits per heavy atom. The van der Waals surface area contributed by atoms with E-state index in [1.165, 1.54) is 5.56 Å². The standard InChI is InChI=1S/C18H23NO2/c1-14(2)17-5-3-4-6-18(17)21-12-11-20-16-9-7-15(13-19)8-10-16/h3-10,14H,11-13,19H2,1-2H3. The van der Waals surface area contributed by atoms with E-state index in [9.17, 15) is 0 Å². The summed E-state index contributed by atoms with van der Waals surface area (Å²) in [7, 11) is 0. The monoisotopic (exact) mass is 285 g/mol. The summed E-state index contributed by atoms with van der Waals surface area (Å²) in [6.45, 7) is 5.93. The van der Waals surface area contributed by atoms with E-state index < -0.39 is 0 Å². The fraction of sp³-hybridized carbons (Fsp3) is 0.333. The molecule has 0 amide bonds. The second-order valence-electron chi connectivity index (χ2n) is 5.24. The van der Waals surface area contributed by atoms with Crippen molar-refractivity contribution >= 4 is 0 Å². The molecular weight excluding hydrogens is 262 g/mol. The molecule has 0 aliphatic carbocycles. The lowest BCUT2D eigenvalue weighted by atomic mass is 10.0. The van der Waals surface area contributed by atoms with Gasteiger partial charge in [0.15, 0.2) is 0 Å². The Morgan fingerprint density at radius 2 is 1.57 bits per heavy atom. The third-order valence-electron chi connectivity index (χ3n) is 3.31. The van der Waals surface area contributed by atoms with Crippen LogP contribution in [-0.4, -0.2) is 13.2 Å².